The summed E-state index contributed by atoms with van der Waals surface area (Å²) in [6.07, 6.45) is 0. The maximum Gasteiger partial charge on any atom is 0.120 e. The summed E-state index contributed by atoms with van der Waals surface area (Å²) in [6, 6.07) is 24.0. The van der Waals surface area contributed by atoms with Gasteiger partial charge in [0, 0.05) is 15.1 Å². The maximum atomic E-state index is 6.32. The van der Waals surface area contributed by atoms with Crippen molar-refractivity contribution < 1.29 is 4.74 Å². The Morgan fingerprint density at radius 1 is 0.864 bits per heavy atom. The molecular formula is C19H14BrClO. The lowest BCUT2D eigenvalue weighted by Gasteiger charge is -2.09. The molecule has 0 spiro atoms. The van der Waals surface area contributed by atoms with Gasteiger partial charge in [-0.15, -0.1) is 0 Å². The van der Waals surface area contributed by atoms with Crippen LogP contribution >= 0.6 is 27.5 Å². The standard InChI is InChI=1S/C19H14BrClO/c20-16-9-10-18(19(21)12-16)15-7-4-8-17(11-15)22-13-14-5-2-1-3-6-14/h1-12H,13H2. The third-order valence-electron chi connectivity index (χ3n) is 3.32. The molecule has 0 fully saturated rings. The number of ether oxygens (including phenoxy) is 1. The van der Waals surface area contributed by atoms with E-state index in [-0.39, 0.29) is 0 Å². The molecule has 0 amide bonds. The number of halogens is 2. The molecule has 22 heavy (non-hydrogen) atoms. The molecule has 3 heteroatoms. The predicted octanol–water partition coefficient (Wildman–Crippen LogP) is 6.35. The molecule has 1 nitrogen and oxygen atoms in total. The first kappa shape index (κ1) is 15.1. The van der Waals surface area contributed by atoms with E-state index in [1.165, 1.54) is 0 Å². The summed E-state index contributed by atoms with van der Waals surface area (Å²) in [5, 5.41) is 0.717. The molecule has 0 saturated heterocycles. The highest BCUT2D eigenvalue weighted by atomic mass is 79.9. The Morgan fingerprint density at radius 2 is 1.68 bits per heavy atom. The molecule has 0 radical (unpaired) electrons. The predicted molar refractivity (Wildman–Crippen MR) is 95.4 cm³/mol. The highest BCUT2D eigenvalue weighted by Crippen LogP contribution is 2.32. The summed E-state index contributed by atoms with van der Waals surface area (Å²) in [6.45, 7) is 0.554. The molecule has 110 valence electrons. The van der Waals surface area contributed by atoms with Gasteiger partial charge in [-0.3, -0.25) is 0 Å². The molecule has 0 unspecified atom stereocenters. The van der Waals surface area contributed by atoms with Crippen LogP contribution in [0.4, 0.5) is 0 Å². The van der Waals surface area contributed by atoms with Crippen LogP contribution in [0.15, 0.2) is 77.3 Å². The van der Waals surface area contributed by atoms with Crippen LogP contribution in [-0.2, 0) is 6.61 Å². The molecule has 3 aromatic carbocycles. The monoisotopic (exact) mass is 372 g/mol. The van der Waals surface area contributed by atoms with E-state index < -0.39 is 0 Å². The minimum absolute atomic E-state index is 0.554. The molecule has 0 heterocycles. The van der Waals surface area contributed by atoms with Crippen molar-refractivity contribution in [2.75, 3.05) is 0 Å². The van der Waals surface area contributed by atoms with Crippen LogP contribution in [0, 0.1) is 0 Å². The van der Waals surface area contributed by atoms with E-state index in [1.54, 1.807) is 0 Å². The summed E-state index contributed by atoms with van der Waals surface area (Å²) in [5.74, 6) is 0.834. The molecular weight excluding hydrogens is 360 g/mol. The van der Waals surface area contributed by atoms with Gasteiger partial charge in [-0.25, -0.2) is 0 Å². The van der Waals surface area contributed by atoms with Crippen molar-refractivity contribution in [2.45, 2.75) is 6.61 Å². The minimum atomic E-state index is 0.554. The SMILES string of the molecule is Clc1cc(Br)ccc1-c1cccc(OCc2ccccc2)c1. The van der Waals surface area contributed by atoms with Crippen molar-refractivity contribution in [3.05, 3.63) is 87.9 Å². The molecule has 0 N–H and O–H groups in total. The Kier molecular flexibility index (Phi) is 4.81. The zero-order chi connectivity index (χ0) is 15.4. The highest BCUT2D eigenvalue weighted by Gasteiger charge is 2.05. The van der Waals surface area contributed by atoms with Gasteiger partial charge >= 0.3 is 0 Å². The van der Waals surface area contributed by atoms with Gasteiger partial charge < -0.3 is 4.74 Å². The van der Waals surface area contributed by atoms with Crippen molar-refractivity contribution >= 4 is 27.5 Å². The summed E-state index contributed by atoms with van der Waals surface area (Å²) < 4.78 is 6.84. The second-order valence-electron chi connectivity index (χ2n) is 4.93. The lowest BCUT2D eigenvalue weighted by molar-refractivity contribution is 0.306. The Morgan fingerprint density at radius 3 is 2.45 bits per heavy atom. The first-order valence-corrected chi connectivity index (χ1v) is 8.12. The quantitative estimate of drug-likeness (QED) is 0.518. The van der Waals surface area contributed by atoms with Crippen molar-refractivity contribution in [3.8, 4) is 16.9 Å². The maximum absolute atomic E-state index is 6.32. The fourth-order valence-corrected chi connectivity index (χ4v) is 3.00. The third kappa shape index (κ3) is 3.70. The van der Waals surface area contributed by atoms with E-state index in [1.807, 2.05) is 60.7 Å². The normalized spacial score (nSPS) is 10.5. The van der Waals surface area contributed by atoms with E-state index in [0.29, 0.717) is 6.61 Å². The Balaban J connectivity index is 1.80. The van der Waals surface area contributed by atoms with Crippen LogP contribution in [0.2, 0.25) is 5.02 Å². The lowest BCUT2D eigenvalue weighted by atomic mass is 10.1. The molecule has 3 aromatic rings. The Hall–Kier alpha value is -1.77. The third-order valence-corrected chi connectivity index (χ3v) is 4.13. The van der Waals surface area contributed by atoms with Crippen LogP contribution in [0.25, 0.3) is 11.1 Å². The Labute approximate surface area is 143 Å². The first-order valence-electron chi connectivity index (χ1n) is 6.94. The smallest absolute Gasteiger partial charge is 0.120 e. The van der Waals surface area contributed by atoms with Crippen molar-refractivity contribution in [2.24, 2.45) is 0 Å². The number of benzene rings is 3. The van der Waals surface area contributed by atoms with Crippen LogP contribution in [0.3, 0.4) is 0 Å². The summed E-state index contributed by atoms with van der Waals surface area (Å²) in [7, 11) is 0. The van der Waals surface area contributed by atoms with E-state index in [9.17, 15) is 0 Å². The van der Waals surface area contributed by atoms with Crippen molar-refractivity contribution in [1.82, 2.24) is 0 Å². The van der Waals surface area contributed by atoms with E-state index >= 15 is 0 Å². The summed E-state index contributed by atoms with van der Waals surface area (Å²) in [4.78, 5) is 0. The molecule has 0 atom stereocenters. The van der Waals surface area contributed by atoms with Crippen LogP contribution in [0.5, 0.6) is 5.75 Å². The largest absolute Gasteiger partial charge is 0.489 e. The van der Waals surface area contributed by atoms with Gasteiger partial charge in [0.2, 0.25) is 0 Å². The van der Waals surface area contributed by atoms with E-state index in [4.69, 9.17) is 16.3 Å². The average Bonchev–Trinajstić information content (AvgIpc) is 2.54. The van der Waals surface area contributed by atoms with Crippen LogP contribution < -0.4 is 4.74 Å². The van der Waals surface area contributed by atoms with Gasteiger partial charge in [-0.2, -0.15) is 0 Å². The van der Waals surface area contributed by atoms with Gasteiger partial charge in [0.15, 0.2) is 0 Å². The second kappa shape index (κ2) is 6.99. The molecule has 3 rings (SSSR count). The summed E-state index contributed by atoms with van der Waals surface area (Å²) in [5.41, 5.74) is 3.19. The first-order chi connectivity index (χ1) is 10.7. The molecule has 0 bridgehead atoms. The topological polar surface area (TPSA) is 9.23 Å². The molecule has 0 saturated carbocycles. The minimum Gasteiger partial charge on any atom is -0.489 e. The Bertz CT molecular complexity index is 771. The molecule has 0 aromatic heterocycles. The second-order valence-corrected chi connectivity index (χ2v) is 6.25. The highest BCUT2D eigenvalue weighted by molar-refractivity contribution is 9.10. The van der Waals surface area contributed by atoms with E-state index in [0.717, 1.165) is 31.9 Å². The lowest BCUT2D eigenvalue weighted by Crippen LogP contribution is -1.95. The fraction of sp³-hybridized carbons (Fsp3) is 0.0526. The van der Waals surface area contributed by atoms with E-state index in [2.05, 4.69) is 28.1 Å². The summed E-state index contributed by atoms with van der Waals surface area (Å²) >= 11 is 9.74. The van der Waals surface area contributed by atoms with Gasteiger partial charge in [0.05, 0.1) is 0 Å². The number of rotatable bonds is 4. The van der Waals surface area contributed by atoms with Gasteiger partial charge in [-0.05, 0) is 35.4 Å². The fourth-order valence-electron chi connectivity index (χ4n) is 2.22. The zero-order valence-corrected chi connectivity index (χ0v) is 14.1. The van der Waals surface area contributed by atoms with Gasteiger partial charge in [0.1, 0.15) is 12.4 Å². The molecule has 0 aliphatic rings. The number of hydrogen-bond donors (Lipinski definition) is 0. The van der Waals surface area contributed by atoms with Crippen molar-refractivity contribution in [1.29, 1.82) is 0 Å². The molecule has 0 aliphatic carbocycles. The average molecular weight is 374 g/mol. The van der Waals surface area contributed by atoms with Gasteiger partial charge in [0.25, 0.3) is 0 Å². The van der Waals surface area contributed by atoms with Crippen molar-refractivity contribution in [3.63, 3.8) is 0 Å². The van der Waals surface area contributed by atoms with Crippen LogP contribution in [-0.4, -0.2) is 0 Å². The number of hydrogen-bond acceptors (Lipinski definition) is 1. The van der Waals surface area contributed by atoms with Gasteiger partial charge in [-0.1, -0.05) is 76.1 Å². The molecule has 0 aliphatic heterocycles. The zero-order valence-electron chi connectivity index (χ0n) is 11.8. The van der Waals surface area contributed by atoms with Crippen LogP contribution in [0.1, 0.15) is 5.56 Å².